The lowest BCUT2D eigenvalue weighted by Crippen LogP contribution is -2.41. The van der Waals surface area contributed by atoms with E-state index in [9.17, 15) is 8.42 Å². The molecule has 0 unspecified atom stereocenters. The van der Waals surface area contributed by atoms with Crippen molar-refractivity contribution >= 4 is 20.8 Å². The van der Waals surface area contributed by atoms with Crippen molar-refractivity contribution in [2.24, 2.45) is 5.92 Å². The summed E-state index contributed by atoms with van der Waals surface area (Å²) in [6.45, 7) is 4.24. The number of hydrogen-bond donors (Lipinski definition) is 0. The van der Waals surface area contributed by atoms with E-state index >= 15 is 0 Å². The van der Waals surface area contributed by atoms with E-state index in [1.54, 1.807) is 23.5 Å². The van der Waals surface area contributed by atoms with Gasteiger partial charge in [-0.2, -0.15) is 4.31 Å². The summed E-state index contributed by atoms with van der Waals surface area (Å²) >= 11 is 0. The molecule has 0 N–H and O–H groups in total. The highest BCUT2D eigenvalue weighted by Gasteiger charge is 2.29. The molecule has 0 saturated carbocycles. The fourth-order valence-corrected chi connectivity index (χ4v) is 5.97. The predicted octanol–water partition coefficient (Wildman–Crippen LogP) is 4.39. The summed E-state index contributed by atoms with van der Waals surface area (Å²) in [6, 6.07) is 23.8. The Bertz CT molecular complexity index is 1110. The number of fused-ring (bicyclic) bond motifs is 1. The molecule has 3 aromatic carbocycles. The van der Waals surface area contributed by atoms with Crippen molar-refractivity contribution in [1.29, 1.82) is 0 Å². The molecule has 170 valence electrons. The van der Waals surface area contributed by atoms with Gasteiger partial charge in [-0.3, -0.25) is 4.90 Å². The molecule has 3 aromatic rings. The van der Waals surface area contributed by atoms with Gasteiger partial charge in [-0.05, 0) is 60.3 Å². The van der Waals surface area contributed by atoms with Gasteiger partial charge in [0.05, 0.1) is 11.5 Å². The summed E-state index contributed by atoms with van der Waals surface area (Å²) < 4.78 is 33.9. The van der Waals surface area contributed by atoms with Crippen molar-refractivity contribution in [3.05, 3.63) is 78.4 Å². The molecule has 5 nitrogen and oxygen atoms in total. The van der Waals surface area contributed by atoms with Crippen molar-refractivity contribution in [3.8, 4) is 0 Å². The molecule has 4 rings (SSSR count). The number of ether oxygens (including phenoxy) is 1. The lowest BCUT2D eigenvalue weighted by atomic mass is 9.96. The first-order valence-electron chi connectivity index (χ1n) is 11.3. The van der Waals surface area contributed by atoms with Gasteiger partial charge in [0, 0.05) is 26.7 Å². The van der Waals surface area contributed by atoms with E-state index in [0.717, 1.165) is 43.2 Å². The molecule has 6 heteroatoms. The van der Waals surface area contributed by atoms with Crippen LogP contribution in [0.15, 0.2) is 77.7 Å². The highest BCUT2D eigenvalue weighted by atomic mass is 32.2. The third-order valence-corrected chi connectivity index (χ3v) is 8.18. The molecule has 0 spiro atoms. The Labute approximate surface area is 191 Å². The van der Waals surface area contributed by atoms with Gasteiger partial charge in [0.2, 0.25) is 10.0 Å². The van der Waals surface area contributed by atoms with E-state index in [1.807, 2.05) is 36.4 Å². The van der Waals surface area contributed by atoms with E-state index in [2.05, 4.69) is 29.2 Å². The monoisotopic (exact) mass is 452 g/mol. The first kappa shape index (κ1) is 22.9. The van der Waals surface area contributed by atoms with Gasteiger partial charge in [0.25, 0.3) is 0 Å². The maximum Gasteiger partial charge on any atom is 0.243 e. The van der Waals surface area contributed by atoms with Gasteiger partial charge in [0.1, 0.15) is 0 Å². The van der Waals surface area contributed by atoms with Crippen molar-refractivity contribution < 1.29 is 13.2 Å². The number of nitrogens with zero attached hydrogens (tertiary/aromatic N) is 2. The molecule has 0 radical (unpaired) electrons. The Morgan fingerprint density at radius 2 is 1.62 bits per heavy atom. The van der Waals surface area contributed by atoms with Crippen LogP contribution in [0.2, 0.25) is 0 Å². The summed E-state index contributed by atoms with van der Waals surface area (Å²) in [5, 5.41) is 1.98. The van der Waals surface area contributed by atoms with Crippen LogP contribution in [0, 0.1) is 5.92 Å². The summed E-state index contributed by atoms with van der Waals surface area (Å²) in [6.07, 6.45) is 2.01. The van der Waals surface area contributed by atoms with Crippen molar-refractivity contribution in [1.82, 2.24) is 9.21 Å². The third-order valence-electron chi connectivity index (χ3n) is 6.32. The average Bonchev–Trinajstić information content (AvgIpc) is 2.83. The maximum atomic E-state index is 13.5. The third kappa shape index (κ3) is 5.56. The molecule has 0 amide bonds. The van der Waals surface area contributed by atoms with E-state index in [4.69, 9.17) is 4.74 Å². The second-order valence-corrected chi connectivity index (χ2v) is 10.5. The average molecular weight is 453 g/mol. The number of rotatable bonds is 9. The minimum atomic E-state index is -3.59. The van der Waals surface area contributed by atoms with Gasteiger partial charge >= 0.3 is 0 Å². The van der Waals surface area contributed by atoms with Crippen LogP contribution < -0.4 is 0 Å². The highest BCUT2D eigenvalue weighted by molar-refractivity contribution is 7.89. The molecule has 0 aromatic heterocycles. The first-order chi connectivity index (χ1) is 15.6. The molecule has 1 aliphatic rings. The summed E-state index contributed by atoms with van der Waals surface area (Å²) in [5.41, 5.74) is 1.33. The summed E-state index contributed by atoms with van der Waals surface area (Å²) in [7, 11) is -1.97. The smallest absolute Gasteiger partial charge is 0.243 e. The number of hydrogen-bond acceptors (Lipinski definition) is 4. The number of sulfonamides is 1. The second kappa shape index (κ2) is 10.6. The molecule has 1 heterocycles. The van der Waals surface area contributed by atoms with Crippen LogP contribution in [0.3, 0.4) is 0 Å². The minimum Gasteiger partial charge on any atom is -0.383 e. The second-order valence-electron chi connectivity index (χ2n) is 8.57. The van der Waals surface area contributed by atoms with Crippen LogP contribution in [0.1, 0.15) is 18.4 Å². The number of piperidine rings is 1. The van der Waals surface area contributed by atoms with Crippen LogP contribution in [-0.4, -0.2) is 57.5 Å². The van der Waals surface area contributed by atoms with Crippen molar-refractivity contribution in [3.63, 3.8) is 0 Å². The fourth-order valence-electron chi connectivity index (χ4n) is 4.44. The Morgan fingerprint density at radius 1 is 0.938 bits per heavy atom. The zero-order valence-electron chi connectivity index (χ0n) is 18.7. The molecule has 1 aliphatic heterocycles. The van der Waals surface area contributed by atoms with Crippen LogP contribution in [0.25, 0.3) is 10.8 Å². The van der Waals surface area contributed by atoms with Gasteiger partial charge in [-0.15, -0.1) is 0 Å². The van der Waals surface area contributed by atoms with Gasteiger partial charge in [-0.1, -0.05) is 60.7 Å². The van der Waals surface area contributed by atoms with Crippen LogP contribution in [0.5, 0.6) is 0 Å². The first-order valence-corrected chi connectivity index (χ1v) is 12.7. The highest BCUT2D eigenvalue weighted by Crippen LogP contribution is 2.26. The predicted molar refractivity (Wildman–Crippen MR) is 129 cm³/mol. The van der Waals surface area contributed by atoms with Gasteiger partial charge < -0.3 is 4.74 Å². The van der Waals surface area contributed by atoms with Crippen molar-refractivity contribution in [2.45, 2.75) is 24.3 Å². The van der Waals surface area contributed by atoms with E-state index in [1.165, 1.54) is 5.56 Å². The summed E-state index contributed by atoms with van der Waals surface area (Å²) in [4.78, 5) is 2.82. The zero-order valence-corrected chi connectivity index (χ0v) is 19.5. The van der Waals surface area contributed by atoms with Crippen LogP contribution in [0.4, 0.5) is 0 Å². The van der Waals surface area contributed by atoms with E-state index in [0.29, 0.717) is 30.5 Å². The Balaban J connectivity index is 1.43. The number of likely N-dealkylation sites (tertiary alicyclic amines) is 1. The minimum absolute atomic E-state index is 0.355. The largest absolute Gasteiger partial charge is 0.383 e. The number of methoxy groups -OCH3 is 1. The standard InChI is InChI=1S/C26H32N2O3S/c1-31-18-17-28(32(29,30)26-12-11-24-9-5-6-10-25(24)19-26)21-23-13-15-27(16-14-23)20-22-7-3-2-4-8-22/h2-12,19,23H,13-18,20-21H2,1H3. The molecule has 1 fully saturated rings. The summed E-state index contributed by atoms with van der Waals surface area (Å²) in [5.74, 6) is 0.356. The molecule has 32 heavy (non-hydrogen) atoms. The maximum absolute atomic E-state index is 13.5. The molecular formula is C26H32N2O3S. The lowest BCUT2D eigenvalue weighted by Gasteiger charge is -2.34. The van der Waals surface area contributed by atoms with E-state index < -0.39 is 10.0 Å². The molecule has 0 bridgehead atoms. The Hall–Kier alpha value is -2.25. The van der Waals surface area contributed by atoms with Gasteiger partial charge in [-0.25, -0.2) is 8.42 Å². The zero-order chi connectivity index (χ0) is 22.4. The molecule has 1 saturated heterocycles. The number of benzene rings is 3. The van der Waals surface area contributed by atoms with Gasteiger partial charge in [0.15, 0.2) is 0 Å². The SMILES string of the molecule is COCCN(CC1CCN(Cc2ccccc2)CC1)S(=O)(=O)c1ccc2ccccc2c1. The Kier molecular flexibility index (Phi) is 7.58. The molecule has 0 atom stereocenters. The lowest BCUT2D eigenvalue weighted by molar-refractivity contribution is 0.144. The van der Waals surface area contributed by atoms with Crippen LogP contribution in [-0.2, 0) is 21.3 Å². The van der Waals surface area contributed by atoms with Crippen molar-refractivity contribution in [2.75, 3.05) is 39.9 Å². The van der Waals surface area contributed by atoms with E-state index in [-0.39, 0.29) is 0 Å². The normalized spacial score (nSPS) is 16.1. The quantitative estimate of drug-likeness (QED) is 0.483. The molecule has 0 aliphatic carbocycles. The fraction of sp³-hybridized carbons (Fsp3) is 0.385. The van der Waals surface area contributed by atoms with Crippen LogP contribution >= 0.6 is 0 Å². The molecular weight excluding hydrogens is 420 g/mol. The topological polar surface area (TPSA) is 49.9 Å². The Morgan fingerprint density at radius 3 is 2.34 bits per heavy atom.